The van der Waals surface area contributed by atoms with E-state index >= 15 is 0 Å². The normalized spacial score (nSPS) is 19.0. The Morgan fingerprint density at radius 1 is 1.11 bits per heavy atom. The third-order valence-corrected chi connectivity index (χ3v) is 3.00. The van der Waals surface area contributed by atoms with E-state index in [1.807, 2.05) is 30.3 Å². The molecule has 18 heavy (non-hydrogen) atoms. The van der Waals surface area contributed by atoms with Gasteiger partial charge in [0.05, 0.1) is 6.61 Å². The molecule has 2 aromatic rings. The standard InChI is InChI=1S/C13H14N4O/c14-13-16-11(9-4-2-1-3-5-9)15-12(17-13)10-6-7-18-8-10/h1-5,10H,6-8H2,(H2,14,15,16,17). The van der Waals surface area contributed by atoms with Gasteiger partial charge >= 0.3 is 0 Å². The molecule has 3 rings (SSSR count). The molecule has 1 atom stereocenters. The van der Waals surface area contributed by atoms with Crippen LogP contribution in [0, 0.1) is 0 Å². The SMILES string of the molecule is Nc1nc(-c2ccccc2)nc(C2CCOC2)n1. The van der Waals surface area contributed by atoms with Crippen LogP contribution in [0.2, 0.25) is 0 Å². The Morgan fingerprint density at radius 2 is 1.94 bits per heavy atom. The van der Waals surface area contributed by atoms with Crippen molar-refractivity contribution in [3.8, 4) is 11.4 Å². The van der Waals surface area contributed by atoms with E-state index in [0.29, 0.717) is 12.4 Å². The van der Waals surface area contributed by atoms with Crippen molar-refractivity contribution < 1.29 is 4.74 Å². The van der Waals surface area contributed by atoms with Gasteiger partial charge in [0, 0.05) is 18.1 Å². The number of hydrogen-bond donors (Lipinski definition) is 1. The second kappa shape index (κ2) is 4.70. The van der Waals surface area contributed by atoms with Gasteiger partial charge in [0.15, 0.2) is 5.82 Å². The first-order chi connectivity index (χ1) is 8.83. The summed E-state index contributed by atoms with van der Waals surface area (Å²) in [5.74, 6) is 1.87. The summed E-state index contributed by atoms with van der Waals surface area (Å²) in [5, 5.41) is 0. The van der Waals surface area contributed by atoms with E-state index in [1.165, 1.54) is 0 Å². The summed E-state index contributed by atoms with van der Waals surface area (Å²) in [4.78, 5) is 12.9. The highest BCUT2D eigenvalue weighted by atomic mass is 16.5. The Balaban J connectivity index is 2.00. The van der Waals surface area contributed by atoms with Crippen LogP contribution < -0.4 is 5.73 Å². The van der Waals surface area contributed by atoms with E-state index in [1.54, 1.807) is 0 Å². The van der Waals surface area contributed by atoms with E-state index in [4.69, 9.17) is 10.5 Å². The highest BCUT2D eigenvalue weighted by Gasteiger charge is 2.22. The van der Waals surface area contributed by atoms with Crippen LogP contribution in [0.1, 0.15) is 18.2 Å². The van der Waals surface area contributed by atoms with Gasteiger partial charge in [-0.15, -0.1) is 0 Å². The van der Waals surface area contributed by atoms with Crippen molar-refractivity contribution in [3.05, 3.63) is 36.2 Å². The number of nitrogens with two attached hydrogens (primary N) is 1. The van der Waals surface area contributed by atoms with E-state index in [9.17, 15) is 0 Å². The largest absolute Gasteiger partial charge is 0.381 e. The molecule has 0 amide bonds. The maximum absolute atomic E-state index is 5.76. The Labute approximate surface area is 105 Å². The summed E-state index contributed by atoms with van der Waals surface area (Å²) < 4.78 is 5.36. The number of ether oxygens (including phenoxy) is 1. The van der Waals surface area contributed by atoms with Crippen molar-refractivity contribution in [1.29, 1.82) is 0 Å². The summed E-state index contributed by atoms with van der Waals surface area (Å²) in [6.07, 6.45) is 0.942. The third-order valence-electron chi connectivity index (χ3n) is 3.00. The Bertz CT molecular complexity index is 538. The molecule has 5 heteroatoms. The van der Waals surface area contributed by atoms with Crippen LogP contribution in [-0.4, -0.2) is 28.2 Å². The zero-order valence-corrected chi connectivity index (χ0v) is 9.91. The molecule has 5 nitrogen and oxygen atoms in total. The maximum Gasteiger partial charge on any atom is 0.223 e. The summed E-state index contributed by atoms with van der Waals surface area (Å²) in [6, 6.07) is 9.79. The highest BCUT2D eigenvalue weighted by Crippen LogP contribution is 2.24. The van der Waals surface area contributed by atoms with E-state index < -0.39 is 0 Å². The molecular weight excluding hydrogens is 228 g/mol. The lowest BCUT2D eigenvalue weighted by Crippen LogP contribution is -2.09. The van der Waals surface area contributed by atoms with Crippen LogP contribution in [0.4, 0.5) is 5.95 Å². The molecule has 1 aliphatic heterocycles. The molecule has 1 fully saturated rings. The van der Waals surface area contributed by atoms with Crippen molar-refractivity contribution in [2.45, 2.75) is 12.3 Å². The second-order valence-corrected chi connectivity index (χ2v) is 4.30. The molecule has 1 aromatic heterocycles. The Morgan fingerprint density at radius 3 is 2.67 bits per heavy atom. The number of nitrogens with zero attached hydrogens (tertiary/aromatic N) is 3. The van der Waals surface area contributed by atoms with E-state index in [2.05, 4.69) is 15.0 Å². The second-order valence-electron chi connectivity index (χ2n) is 4.30. The first-order valence-corrected chi connectivity index (χ1v) is 5.97. The van der Waals surface area contributed by atoms with E-state index in [0.717, 1.165) is 24.4 Å². The van der Waals surface area contributed by atoms with Gasteiger partial charge in [-0.3, -0.25) is 0 Å². The van der Waals surface area contributed by atoms with Gasteiger partial charge < -0.3 is 10.5 Å². The number of rotatable bonds is 2. The molecule has 1 aromatic carbocycles. The molecule has 1 aliphatic rings. The Kier molecular flexibility index (Phi) is 2.90. The molecule has 0 aliphatic carbocycles. The molecule has 1 unspecified atom stereocenters. The van der Waals surface area contributed by atoms with E-state index in [-0.39, 0.29) is 11.9 Å². The zero-order chi connectivity index (χ0) is 12.4. The van der Waals surface area contributed by atoms with Crippen molar-refractivity contribution in [1.82, 2.24) is 15.0 Å². The van der Waals surface area contributed by atoms with Crippen LogP contribution in [-0.2, 0) is 4.74 Å². The molecule has 0 bridgehead atoms. The third kappa shape index (κ3) is 2.17. The van der Waals surface area contributed by atoms with Crippen LogP contribution in [0.5, 0.6) is 0 Å². The smallest absolute Gasteiger partial charge is 0.223 e. The minimum absolute atomic E-state index is 0.234. The van der Waals surface area contributed by atoms with Crippen molar-refractivity contribution in [3.63, 3.8) is 0 Å². The molecule has 0 saturated carbocycles. The lowest BCUT2D eigenvalue weighted by Gasteiger charge is -2.08. The number of anilines is 1. The average Bonchev–Trinajstić information content (AvgIpc) is 2.93. The van der Waals surface area contributed by atoms with Gasteiger partial charge in [-0.25, -0.2) is 4.98 Å². The van der Waals surface area contributed by atoms with Crippen molar-refractivity contribution in [2.24, 2.45) is 0 Å². The lowest BCUT2D eigenvalue weighted by molar-refractivity contribution is 0.193. The number of hydrogen-bond acceptors (Lipinski definition) is 5. The number of aromatic nitrogens is 3. The maximum atomic E-state index is 5.76. The minimum Gasteiger partial charge on any atom is -0.381 e. The monoisotopic (exact) mass is 242 g/mol. The van der Waals surface area contributed by atoms with Crippen LogP contribution in [0.3, 0.4) is 0 Å². The fourth-order valence-electron chi connectivity index (χ4n) is 2.05. The predicted octanol–water partition coefficient (Wildman–Crippen LogP) is 1.62. The Hall–Kier alpha value is -2.01. The van der Waals surface area contributed by atoms with Crippen LogP contribution in [0.15, 0.2) is 30.3 Å². The van der Waals surface area contributed by atoms with Gasteiger partial charge in [-0.1, -0.05) is 30.3 Å². The molecule has 0 radical (unpaired) electrons. The van der Waals surface area contributed by atoms with Gasteiger partial charge in [-0.2, -0.15) is 9.97 Å². The van der Waals surface area contributed by atoms with Gasteiger partial charge in [0.1, 0.15) is 5.82 Å². The lowest BCUT2D eigenvalue weighted by atomic mass is 10.1. The zero-order valence-electron chi connectivity index (χ0n) is 9.91. The fraction of sp³-hybridized carbons (Fsp3) is 0.308. The van der Waals surface area contributed by atoms with Gasteiger partial charge in [0.25, 0.3) is 0 Å². The van der Waals surface area contributed by atoms with Crippen molar-refractivity contribution in [2.75, 3.05) is 18.9 Å². The van der Waals surface area contributed by atoms with Crippen LogP contribution >= 0.6 is 0 Å². The van der Waals surface area contributed by atoms with Crippen LogP contribution in [0.25, 0.3) is 11.4 Å². The van der Waals surface area contributed by atoms with Gasteiger partial charge in [0.2, 0.25) is 5.95 Å². The summed E-state index contributed by atoms with van der Waals surface area (Å²) in [6.45, 7) is 1.43. The minimum atomic E-state index is 0.234. The quantitative estimate of drug-likeness (QED) is 0.866. The first-order valence-electron chi connectivity index (χ1n) is 5.97. The molecule has 0 spiro atoms. The van der Waals surface area contributed by atoms with Crippen molar-refractivity contribution >= 4 is 5.95 Å². The fourth-order valence-corrected chi connectivity index (χ4v) is 2.05. The highest BCUT2D eigenvalue weighted by molar-refractivity contribution is 5.55. The summed E-state index contributed by atoms with van der Waals surface area (Å²) in [5.41, 5.74) is 6.71. The average molecular weight is 242 g/mol. The topological polar surface area (TPSA) is 73.9 Å². The summed E-state index contributed by atoms with van der Waals surface area (Å²) in [7, 11) is 0. The molecule has 2 heterocycles. The summed E-state index contributed by atoms with van der Waals surface area (Å²) >= 11 is 0. The molecule has 2 N–H and O–H groups in total. The molecule has 1 saturated heterocycles. The number of benzene rings is 1. The first kappa shape index (κ1) is 11.1. The molecule has 92 valence electrons. The molecular formula is C13H14N4O. The number of nitrogen functional groups attached to an aromatic ring is 1. The predicted molar refractivity (Wildman–Crippen MR) is 67.9 cm³/mol. The van der Waals surface area contributed by atoms with Gasteiger partial charge in [-0.05, 0) is 6.42 Å².